The van der Waals surface area contributed by atoms with Crippen LogP contribution in [0.4, 0.5) is 36.4 Å². The number of benzene rings is 2. The van der Waals surface area contributed by atoms with Crippen LogP contribution in [-0.4, -0.2) is 65.7 Å². The number of carboxylic acid groups (broad SMARTS) is 1. The lowest BCUT2D eigenvalue weighted by Crippen LogP contribution is -2.54. The Morgan fingerprint density at radius 3 is 2.10 bits per heavy atom. The molecule has 4 atom stereocenters. The van der Waals surface area contributed by atoms with Crippen molar-refractivity contribution < 1.29 is 55.0 Å². The molecule has 5 N–H and O–H groups in total. The van der Waals surface area contributed by atoms with Crippen LogP contribution in [0.5, 0.6) is 0 Å². The van der Waals surface area contributed by atoms with Crippen LogP contribution in [0.25, 0.3) is 0 Å². The van der Waals surface area contributed by atoms with Gasteiger partial charge in [-0.05, 0) is 43.4 Å². The average Bonchev–Trinajstić information content (AvgIpc) is 3.08. The molecule has 1 aliphatic rings. The van der Waals surface area contributed by atoms with E-state index in [0.717, 1.165) is 17.0 Å². The van der Waals surface area contributed by atoms with Gasteiger partial charge in [0.1, 0.15) is 11.9 Å². The predicted molar refractivity (Wildman–Crippen MR) is 164 cm³/mol. The van der Waals surface area contributed by atoms with Gasteiger partial charge in [0, 0.05) is 35.8 Å². The molecule has 0 bridgehead atoms. The topological polar surface area (TPSA) is 154 Å². The Hall–Kier alpha value is -4.54. The standard InChI is InChI=1S/C32H36F7N5O5/c1-16(2)23(30(48)49)41-15-44-25-17(3)6-4-9-22(25)24(18-7-5-8-19(33)14-18)42-27(29(44)47)43-28(46)21(11-13-32(37,38)39)20(26(40)45)10-12-31(34,35)36/h4-9,14,16,20-21,23,27,41H,10-13,15H2,1-3H3,(H2,40,45)(H,43,46)(H,48,49)/t20-,21+,23-,27+/m0/s1. The number of hydrogen-bond donors (Lipinski definition) is 4. The number of para-hydroxylation sites is 1. The highest BCUT2D eigenvalue weighted by atomic mass is 19.4. The minimum absolute atomic E-state index is 0.0478. The molecule has 0 radical (unpaired) electrons. The van der Waals surface area contributed by atoms with Gasteiger partial charge in [-0.2, -0.15) is 26.3 Å². The van der Waals surface area contributed by atoms with E-state index < -0.39 is 104 Å². The van der Waals surface area contributed by atoms with Gasteiger partial charge in [0.2, 0.25) is 18.0 Å². The number of aliphatic imine (C=N–C) groups is 1. The van der Waals surface area contributed by atoms with E-state index in [1.807, 2.05) is 0 Å². The lowest BCUT2D eigenvalue weighted by Gasteiger charge is -2.30. The monoisotopic (exact) mass is 703 g/mol. The van der Waals surface area contributed by atoms with Gasteiger partial charge in [0.25, 0.3) is 5.91 Å². The van der Waals surface area contributed by atoms with Crippen LogP contribution < -0.4 is 21.3 Å². The van der Waals surface area contributed by atoms with Crippen molar-refractivity contribution in [2.24, 2.45) is 28.5 Å². The Kier molecular flexibility index (Phi) is 12.5. The van der Waals surface area contributed by atoms with Crippen molar-refractivity contribution in [2.75, 3.05) is 11.6 Å². The van der Waals surface area contributed by atoms with Gasteiger partial charge >= 0.3 is 18.3 Å². The number of carbonyl (C=O) groups excluding carboxylic acids is 3. The Balaban J connectivity index is 2.17. The number of benzodiazepines with no additional fused rings is 1. The predicted octanol–water partition coefficient (Wildman–Crippen LogP) is 4.82. The zero-order chi connectivity index (χ0) is 36.8. The summed E-state index contributed by atoms with van der Waals surface area (Å²) in [7, 11) is 0. The fourth-order valence-corrected chi connectivity index (χ4v) is 5.57. The lowest BCUT2D eigenvalue weighted by molar-refractivity contribution is -0.152. The van der Waals surface area contributed by atoms with Crippen LogP contribution >= 0.6 is 0 Å². The molecule has 0 aromatic heterocycles. The molecule has 268 valence electrons. The second-order valence-corrected chi connectivity index (χ2v) is 12.0. The highest BCUT2D eigenvalue weighted by Crippen LogP contribution is 2.34. The Morgan fingerprint density at radius 2 is 1.57 bits per heavy atom. The number of anilines is 1. The summed E-state index contributed by atoms with van der Waals surface area (Å²) in [5.74, 6) is -10.4. The normalized spacial score (nSPS) is 17.1. The summed E-state index contributed by atoms with van der Waals surface area (Å²) in [6.07, 6.45) is -17.2. The highest BCUT2D eigenvalue weighted by molar-refractivity contribution is 6.20. The van der Waals surface area contributed by atoms with Crippen molar-refractivity contribution >= 4 is 35.1 Å². The van der Waals surface area contributed by atoms with E-state index in [1.165, 1.54) is 18.2 Å². The number of carbonyl (C=O) groups is 4. The lowest BCUT2D eigenvalue weighted by atomic mass is 9.83. The van der Waals surface area contributed by atoms with Crippen molar-refractivity contribution in [3.8, 4) is 0 Å². The largest absolute Gasteiger partial charge is 0.480 e. The number of nitrogens with zero attached hydrogens (tertiary/aromatic N) is 2. The van der Waals surface area contributed by atoms with Gasteiger partial charge in [0.05, 0.1) is 18.1 Å². The first-order valence-corrected chi connectivity index (χ1v) is 15.1. The molecule has 1 heterocycles. The van der Waals surface area contributed by atoms with Crippen molar-refractivity contribution in [1.82, 2.24) is 10.6 Å². The molecule has 0 unspecified atom stereocenters. The zero-order valence-electron chi connectivity index (χ0n) is 26.7. The van der Waals surface area contributed by atoms with Crippen LogP contribution in [0.2, 0.25) is 0 Å². The second kappa shape index (κ2) is 15.8. The third kappa shape index (κ3) is 10.5. The maximum Gasteiger partial charge on any atom is 0.389 e. The number of primary amides is 1. The first kappa shape index (κ1) is 38.9. The van der Waals surface area contributed by atoms with Crippen LogP contribution in [-0.2, 0) is 19.2 Å². The number of fused-ring (bicyclic) bond motifs is 1. The third-order valence-corrected chi connectivity index (χ3v) is 7.97. The molecule has 0 fully saturated rings. The molecule has 2 aromatic rings. The second-order valence-electron chi connectivity index (χ2n) is 12.0. The van der Waals surface area contributed by atoms with Crippen molar-refractivity contribution in [1.29, 1.82) is 0 Å². The Morgan fingerprint density at radius 1 is 0.980 bits per heavy atom. The van der Waals surface area contributed by atoms with Crippen molar-refractivity contribution in [3.05, 3.63) is 65.0 Å². The van der Waals surface area contributed by atoms with Gasteiger partial charge in [-0.1, -0.05) is 44.2 Å². The van der Waals surface area contributed by atoms with E-state index in [4.69, 9.17) is 5.73 Å². The molecule has 0 saturated carbocycles. The van der Waals surface area contributed by atoms with E-state index >= 15 is 0 Å². The van der Waals surface area contributed by atoms with E-state index in [2.05, 4.69) is 15.6 Å². The molecule has 0 saturated heterocycles. The summed E-state index contributed by atoms with van der Waals surface area (Å²) in [4.78, 5) is 57.5. The van der Waals surface area contributed by atoms with E-state index in [0.29, 0.717) is 5.56 Å². The summed E-state index contributed by atoms with van der Waals surface area (Å²) in [5.41, 5.74) is 6.25. The number of halogens is 7. The maximum absolute atomic E-state index is 14.4. The Bertz CT molecular complexity index is 1580. The number of rotatable bonds is 14. The van der Waals surface area contributed by atoms with Crippen molar-refractivity contribution in [3.63, 3.8) is 0 Å². The number of nitrogens with two attached hydrogens (primary N) is 1. The molecule has 1 aliphatic heterocycles. The highest BCUT2D eigenvalue weighted by Gasteiger charge is 2.42. The summed E-state index contributed by atoms with van der Waals surface area (Å²) in [6.45, 7) is 4.36. The molecule has 3 amide bonds. The van der Waals surface area contributed by atoms with Gasteiger partial charge in [-0.3, -0.25) is 29.4 Å². The minimum atomic E-state index is -4.87. The summed E-state index contributed by atoms with van der Waals surface area (Å²) in [6, 6.07) is 8.56. The van der Waals surface area contributed by atoms with E-state index in [9.17, 15) is 55.0 Å². The SMILES string of the molecule is Cc1cccc2c1N(CN[C@H](C(=O)O)C(C)C)C(=O)[C@@H](NC(=O)[C@H](CCC(F)(F)F)[C@H](CCC(F)(F)F)C(N)=O)N=C2c1cccc(F)c1. The van der Waals surface area contributed by atoms with Gasteiger partial charge < -0.3 is 16.2 Å². The first-order valence-electron chi connectivity index (χ1n) is 15.1. The zero-order valence-corrected chi connectivity index (χ0v) is 26.7. The van der Waals surface area contributed by atoms with E-state index in [-0.39, 0.29) is 22.5 Å². The third-order valence-electron chi connectivity index (χ3n) is 7.97. The number of nitrogens with one attached hydrogen (secondary N) is 2. The van der Waals surface area contributed by atoms with Gasteiger partial charge in [-0.15, -0.1) is 0 Å². The summed E-state index contributed by atoms with van der Waals surface area (Å²) in [5, 5.41) is 14.7. The molecule has 0 spiro atoms. The first-order chi connectivity index (χ1) is 22.7. The summed E-state index contributed by atoms with van der Waals surface area (Å²) < 4.78 is 93.5. The molecule has 2 aromatic carbocycles. The maximum atomic E-state index is 14.4. The quantitative estimate of drug-likeness (QED) is 0.207. The van der Waals surface area contributed by atoms with Gasteiger partial charge in [-0.25, -0.2) is 9.38 Å². The van der Waals surface area contributed by atoms with Crippen LogP contribution in [0.15, 0.2) is 47.5 Å². The number of hydrogen-bond acceptors (Lipinski definition) is 6. The molecule has 49 heavy (non-hydrogen) atoms. The van der Waals surface area contributed by atoms with Gasteiger partial charge in [0.15, 0.2) is 0 Å². The molecular formula is C32H36F7N5O5. The van der Waals surface area contributed by atoms with E-state index in [1.54, 1.807) is 32.9 Å². The van der Waals surface area contributed by atoms with Crippen LogP contribution in [0.3, 0.4) is 0 Å². The number of aryl methyl sites for hydroxylation is 1. The number of amides is 3. The summed E-state index contributed by atoms with van der Waals surface area (Å²) >= 11 is 0. The number of carboxylic acids is 1. The van der Waals surface area contributed by atoms with Crippen LogP contribution in [0, 0.1) is 30.5 Å². The fraction of sp³-hybridized carbons (Fsp3) is 0.469. The Labute approximate surface area is 276 Å². The van der Waals surface area contributed by atoms with Crippen molar-refractivity contribution in [2.45, 2.75) is 71.0 Å². The number of aliphatic carboxylic acids is 1. The molecule has 3 rings (SSSR count). The minimum Gasteiger partial charge on any atom is -0.480 e. The molecular weight excluding hydrogens is 667 g/mol. The average molecular weight is 704 g/mol. The molecule has 17 heteroatoms. The molecule has 10 nitrogen and oxygen atoms in total. The molecule has 0 aliphatic carbocycles. The number of alkyl halides is 6. The van der Waals surface area contributed by atoms with Crippen LogP contribution in [0.1, 0.15) is 56.2 Å². The fourth-order valence-electron chi connectivity index (χ4n) is 5.57. The smallest absolute Gasteiger partial charge is 0.389 e.